The van der Waals surface area contributed by atoms with Gasteiger partial charge in [0.25, 0.3) is 0 Å². The van der Waals surface area contributed by atoms with E-state index < -0.39 is 6.10 Å². The van der Waals surface area contributed by atoms with Gasteiger partial charge in [0.05, 0.1) is 5.69 Å². The maximum atomic E-state index is 10.2. The summed E-state index contributed by atoms with van der Waals surface area (Å²) in [4.78, 5) is 0. The highest BCUT2D eigenvalue weighted by Crippen LogP contribution is 2.40. The molecular weight excluding hydrogens is 212 g/mol. The Labute approximate surface area is 101 Å². The summed E-state index contributed by atoms with van der Waals surface area (Å²) in [6, 6.07) is 10.1. The van der Waals surface area contributed by atoms with Crippen LogP contribution in [0.15, 0.2) is 36.5 Å². The van der Waals surface area contributed by atoms with E-state index in [9.17, 15) is 5.11 Å². The number of aryl methyl sites for hydroxylation is 1. The van der Waals surface area contributed by atoms with Gasteiger partial charge in [0.2, 0.25) is 0 Å². The Morgan fingerprint density at radius 1 is 1.24 bits per heavy atom. The Balaban J connectivity index is 1.86. The van der Waals surface area contributed by atoms with E-state index in [-0.39, 0.29) is 0 Å². The van der Waals surface area contributed by atoms with Crippen molar-refractivity contribution in [2.75, 3.05) is 0 Å². The molecule has 1 heterocycles. The first kappa shape index (κ1) is 10.5. The fourth-order valence-electron chi connectivity index (χ4n) is 2.19. The van der Waals surface area contributed by atoms with Crippen LogP contribution in [-0.4, -0.2) is 14.9 Å². The zero-order valence-electron chi connectivity index (χ0n) is 9.87. The Kier molecular flexibility index (Phi) is 2.48. The van der Waals surface area contributed by atoms with Gasteiger partial charge in [-0.05, 0) is 36.0 Å². The predicted octanol–water partition coefficient (Wildman–Crippen LogP) is 2.38. The van der Waals surface area contributed by atoms with Crippen LogP contribution in [0.3, 0.4) is 0 Å². The average Bonchev–Trinajstić information content (AvgIpc) is 3.12. The Morgan fingerprint density at radius 2 is 1.94 bits per heavy atom. The Hall–Kier alpha value is -1.61. The summed E-state index contributed by atoms with van der Waals surface area (Å²) in [5, 5.41) is 14.3. The monoisotopic (exact) mass is 228 g/mol. The van der Waals surface area contributed by atoms with Gasteiger partial charge in [-0.1, -0.05) is 24.3 Å². The smallest absolute Gasteiger partial charge is 0.121 e. The number of nitrogens with zero attached hydrogens (tertiary/aromatic N) is 2. The van der Waals surface area contributed by atoms with Crippen LogP contribution >= 0.6 is 0 Å². The van der Waals surface area contributed by atoms with Gasteiger partial charge < -0.3 is 5.11 Å². The summed E-state index contributed by atoms with van der Waals surface area (Å²) in [6.45, 7) is 0. The molecule has 3 heteroatoms. The lowest BCUT2D eigenvalue weighted by molar-refractivity contribution is 0.209. The first-order valence-electron chi connectivity index (χ1n) is 6.01. The van der Waals surface area contributed by atoms with Crippen LogP contribution in [0.5, 0.6) is 0 Å². The first-order chi connectivity index (χ1) is 8.25. The number of aromatic nitrogens is 2. The van der Waals surface area contributed by atoms with Gasteiger partial charge in [-0.15, -0.1) is 0 Å². The van der Waals surface area contributed by atoms with Crippen molar-refractivity contribution in [3.8, 4) is 0 Å². The fraction of sp³-hybridized carbons (Fsp3) is 0.357. The van der Waals surface area contributed by atoms with Crippen molar-refractivity contribution < 1.29 is 5.11 Å². The largest absolute Gasteiger partial charge is 0.382 e. The number of rotatable bonds is 3. The topological polar surface area (TPSA) is 38.0 Å². The summed E-state index contributed by atoms with van der Waals surface area (Å²) >= 11 is 0. The normalized spacial score (nSPS) is 17.1. The van der Waals surface area contributed by atoms with Gasteiger partial charge in [-0.3, -0.25) is 4.68 Å². The number of aliphatic hydroxyl groups is 1. The maximum Gasteiger partial charge on any atom is 0.121 e. The SMILES string of the molecule is Cn1nccc1C(O)c1ccc(C2CC2)cc1. The van der Waals surface area contributed by atoms with Crippen LogP contribution < -0.4 is 0 Å². The van der Waals surface area contributed by atoms with Crippen molar-refractivity contribution in [3.63, 3.8) is 0 Å². The van der Waals surface area contributed by atoms with E-state index >= 15 is 0 Å². The Morgan fingerprint density at radius 3 is 2.47 bits per heavy atom. The van der Waals surface area contributed by atoms with Crippen LogP contribution in [-0.2, 0) is 7.05 Å². The molecule has 1 aliphatic carbocycles. The Bertz CT molecular complexity index is 511. The van der Waals surface area contributed by atoms with E-state index in [1.807, 2.05) is 25.2 Å². The van der Waals surface area contributed by atoms with E-state index in [4.69, 9.17) is 0 Å². The summed E-state index contributed by atoms with van der Waals surface area (Å²) in [6.07, 6.45) is 3.74. The number of aliphatic hydroxyl groups excluding tert-OH is 1. The molecule has 0 aliphatic heterocycles. The average molecular weight is 228 g/mol. The van der Waals surface area contributed by atoms with Gasteiger partial charge in [0.15, 0.2) is 0 Å². The van der Waals surface area contributed by atoms with Crippen molar-refractivity contribution in [1.82, 2.24) is 9.78 Å². The molecule has 17 heavy (non-hydrogen) atoms. The molecule has 0 amide bonds. The molecule has 88 valence electrons. The van der Waals surface area contributed by atoms with Crippen LogP contribution in [0.4, 0.5) is 0 Å². The van der Waals surface area contributed by atoms with Crippen molar-refractivity contribution in [2.45, 2.75) is 24.9 Å². The summed E-state index contributed by atoms with van der Waals surface area (Å²) < 4.78 is 1.71. The van der Waals surface area contributed by atoms with Crippen molar-refractivity contribution in [1.29, 1.82) is 0 Å². The molecule has 1 aliphatic rings. The van der Waals surface area contributed by atoms with Gasteiger partial charge in [0, 0.05) is 13.2 Å². The summed E-state index contributed by atoms with van der Waals surface area (Å²) in [5.74, 6) is 0.762. The standard InChI is InChI=1S/C14H16N2O/c1-16-13(8-9-15-16)14(17)12-6-4-11(5-7-12)10-2-3-10/h4-10,14,17H,2-3H2,1H3. The summed E-state index contributed by atoms with van der Waals surface area (Å²) in [7, 11) is 1.84. The highest BCUT2D eigenvalue weighted by Gasteiger charge is 2.23. The van der Waals surface area contributed by atoms with Crippen LogP contribution in [0, 0.1) is 0 Å². The molecule has 3 rings (SSSR count). The van der Waals surface area contributed by atoms with E-state index in [1.54, 1.807) is 10.9 Å². The zero-order chi connectivity index (χ0) is 11.8. The molecule has 1 saturated carbocycles. The minimum atomic E-state index is -0.587. The van der Waals surface area contributed by atoms with Crippen molar-refractivity contribution >= 4 is 0 Å². The van der Waals surface area contributed by atoms with Crippen molar-refractivity contribution in [3.05, 3.63) is 53.3 Å². The number of benzene rings is 1. The summed E-state index contributed by atoms with van der Waals surface area (Å²) in [5.41, 5.74) is 3.15. The molecule has 1 atom stereocenters. The molecule has 0 spiro atoms. The molecule has 1 aromatic heterocycles. The molecule has 0 radical (unpaired) electrons. The molecule has 0 bridgehead atoms. The molecule has 3 nitrogen and oxygen atoms in total. The van der Waals surface area contributed by atoms with Crippen LogP contribution in [0.2, 0.25) is 0 Å². The highest BCUT2D eigenvalue weighted by molar-refractivity contribution is 5.32. The van der Waals surface area contributed by atoms with E-state index in [0.717, 1.165) is 17.2 Å². The molecule has 0 saturated heterocycles. The molecule has 1 aromatic carbocycles. The quantitative estimate of drug-likeness (QED) is 0.875. The van der Waals surface area contributed by atoms with Gasteiger partial charge in [-0.25, -0.2) is 0 Å². The molecule has 1 unspecified atom stereocenters. The second kappa shape index (κ2) is 4.00. The molecular formula is C14H16N2O. The van der Waals surface area contributed by atoms with E-state index in [0.29, 0.717) is 0 Å². The lowest BCUT2D eigenvalue weighted by Crippen LogP contribution is -2.06. The molecule has 2 aromatic rings. The van der Waals surface area contributed by atoms with Gasteiger partial charge >= 0.3 is 0 Å². The number of hydrogen-bond acceptors (Lipinski definition) is 2. The first-order valence-corrected chi connectivity index (χ1v) is 6.01. The maximum absolute atomic E-state index is 10.2. The minimum Gasteiger partial charge on any atom is -0.382 e. The third-order valence-electron chi connectivity index (χ3n) is 3.44. The fourth-order valence-corrected chi connectivity index (χ4v) is 2.19. The second-order valence-electron chi connectivity index (χ2n) is 4.72. The third-order valence-corrected chi connectivity index (χ3v) is 3.44. The third kappa shape index (κ3) is 1.98. The van der Waals surface area contributed by atoms with E-state index in [1.165, 1.54) is 18.4 Å². The second-order valence-corrected chi connectivity index (χ2v) is 4.72. The van der Waals surface area contributed by atoms with Gasteiger partial charge in [-0.2, -0.15) is 5.10 Å². The lowest BCUT2D eigenvalue weighted by Gasteiger charge is -2.12. The van der Waals surface area contributed by atoms with Crippen LogP contribution in [0.25, 0.3) is 0 Å². The lowest BCUT2D eigenvalue weighted by atomic mass is 10.0. The molecule has 1 N–H and O–H groups in total. The predicted molar refractivity (Wildman–Crippen MR) is 65.7 cm³/mol. The zero-order valence-corrected chi connectivity index (χ0v) is 9.87. The van der Waals surface area contributed by atoms with E-state index in [2.05, 4.69) is 17.2 Å². The highest BCUT2D eigenvalue weighted by atomic mass is 16.3. The minimum absolute atomic E-state index is 0.587. The number of hydrogen-bond donors (Lipinski definition) is 1. The van der Waals surface area contributed by atoms with Gasteiger partial charge in [0.1, 0.15) is 6.10 Å². The van der Waals surface area contributed by atoms with Crippen molar-refractivity contribution in [2.24, 2.45) is 7.05 Å². The van der Waals surface area contributed by atoms with Crippen LogP contribution in [0.1, 0.15) is 41.7 Å². The molecule has 1 fully saturated rings.